The minimum absolute atomic E-state index is 0.339. The van der Waals surface area contributed by atoms with Crippen molar-refractivity contribution in [2.45, 2.75) is 102 Å². The predicted octanol–water partition coefficient (Wildman–Crippen LogP) is 12.7. The van der Waals surface area contributed by atoms with Crippen molar-refractivity contribution in [2.75, 3.05) is 10.6 Å². The van der Waals surface area contributed by atoms with Crippen LogP contribution < -0.4 is 10.6 Å². The number of fused-ring (bicyclic) bond motifs is 2. The number of para-hydroxylation sites is 1. The van der Waals surface area contributed by atoms with Crippen LogP contribution in [0, 0.1) is 42.0 Å². The topological polar surface area (TPSA) is 65.5 Å². The van der Waals surface area contributed by atoms with E-state index in [1.165, 1.54) is 94.0 Å². The zero-order valence-corrected chi connectivity index (χ0v) is 29.4. The van der Waals surface area contributed by atoms with Crippen LogP contribution in [0.25, 0.3) is 11.1 Å². The summed E-state index contributed by atoms with van der Waals surface area (Å²) in [6.07, 6.45) is 16.8. The maximum absolute atomic E-state index is 7.65. The lowest BCUT2D eigenvalue weighted by molar-refractivity contribution is -0.00518. The molecule has 6 fully saturated rings. The summed E-state index contributed by atoms with van der Waals surface area (Å²) in [7, 11) is 0. The Balaban J connectivity index is 1.12. The summed E-state index contributed by atoms with van der Waals surface area (Å²) in [5.41, 5.74) is 25.8. The fourth-order valence-electron chi connectivity index (χ4n) is 12.4. The first-order chi connectivity index (χ1) is 23.8. The Bertz CT molecular complexity index is 1770. The van der Waals surface area contributed by atoms with E-state index in [0.717, 1.165) is 46.4 Å². The molecule has 0 radical (unpaired) electrons. The van der Waals surface area contributed by atoms with Crippen LogP contribution in [0.15, 0.2) is 90.0 Å². The molecule has 0 saturated heterocycles. The average molecular weight is 649 g/mol. The second-order valence-electron chi connectivity index (χ2n) is 17.3. The summed E-state index contributed by atoms with van der Waals surface area (Å²) in [6, 6.07) is 32.0. The molecule has 0 spiro atoms. The van der Waals surface area contributed by atoms with Gasteiger partial charge in [-0.05, 0) is 176 Å². The molecule has 0 heterocycles. The molecule has 3 N–H and O–H groups in total. The van der Waals surface area contributed by atoms with Gasteiger partial charge in [0.05, 0.1) is 5.69 Å². The number of nitrogen functional groups attached to an aromatic ring is 1. The molecule has 252 valence electrons. The fraction of sp³-hybridized carbons (Fsp3) is 0.467. The SMILES string of the molecule is Cc1cc(-c2cccc(N=N)c2N)cc(N(c2ccc(C34CC5CC(CC(C5)C3)C4)cc2)c2ccc(C34CCC[C@@H](C[C@@H](C)C3)C4)cc2)c1. The molecule has 10 rings (SSSR count). The molecule has 6 aliphatic rings. The Labute approximate surface area is 293 Å². The van der Waals surface area contributed by atoms with E-state index >= 15 is 0 Å². The second kappa shape index (κ2) is 11.9. The first-order valence-electron chi connectivity index (χ1n) is 19.2. The van der Waals surface area contributed by atoms with Crippen LogP contribution in [0.2, 0.25) is 0 Å². The summed E-state index contributed by atoms with van der Waals surface area (Å²) in [4.78, 5) is 2.45. The Kier molecular flexibility index (Phi) is 7.52. The van der Waals surface area contributed by atoms with Crippen LogP contribution in [0.5, 0.6) is 0 Å². The van der Waals surface area contributed by atoms with E-state index in [4.69, 9.17) is 11.3 Å². The molecule has 0 aliphatic heterocycles. The van der Waals surface area contributed by atoms with Crippen molar-refractivity contribution < 1.29 is 0 Å². The maximum atomic E-state index is 7.65. The van der Waals surface area contributed by atoms with Crippen molar-refractivity contribution >= 4 is 28.4 Å². The molecular formula is C45H52N4. The molecule has 0 amide bonds. The summed E-state index contributed by atoms with van der Waals surface area (Å²) >= 11 is 0. The minimum atomic E-state index is 0.339. The lowest BCUT2D eigenvalue weighted by atomic mass is 9.48. The highest BCUT2D eigenvalue weighted by molar-refractivity contribution is 5.87. The number of anilines is 4. The lowest BCUT2D eigenvalue weighted by Gasteiger charge is -2.57. The zero-order valence-electron chi connectivity index (χ0n) is 29.4. The predicted molar refractivity (Wildman–Crippen MR) is 202 cm³/mol. The number of hydrogen-bond donors (Lipinski definition) is 2. The van der Waals surface area contributed by atoms with Gasteiger partial charge >= 0.3 is 0 Å². The van der Waals surface area contributed by atoms with Crippen LogP contribution in [0.3, 0.4) is 0 Å². The molecule has 4 aromatic carbocycles. The largest absolute Gasteiger partial charge is 0.396 e. The average Bonchev–Trinajstić information content (AvgIpc) is 3.08. The molecule has 4 aromatic rings. The molecule has 4 heteroatoms. The van der Waals surface area contributed by atoms with E-state index in [1.54, 1.807) is 11.1 Å². The Morgan fingerprint density at radius 3 is 1.94 bits per heavy atom. The van der Waals surface area contributed by atoms with Crippen molar-refractivity contribution in [2.24, 2.45) is 34.7 Å². The van der Waals surface area contributed by atoms with Gasteiger partial charge in [-0.2, -0.15) is 5.11 Å². The van der Waals surface area contributed by atoms with Crippen LogP contribution >= 0.6 is 0 Å². The van der Waals surface area contributed by atoms with Gasteiger partial charge in [-0.15, -0.1) is 0 Å². The van der Waals surface area contributed by atoms with Gasteiger partial charge in [0.25, 0.3) is 0 Å². The van der Waals surface area contributed by atoms with Crippen molar-refractivity contribution in [3.63, 3.8) is 0 Å². The smallest absolute Gasteiger partial charge is 0.108 e. The molecule has 0 aromatic heterocycles. The minimum Gasteiger partial charge on any atom is -0.396 e. The normalized spacial score (nSPS) is 31.4. The number of nitrogens with zero attached hydrogens (tertiary/aromatic N) is 2. The second-order valence-corrected chi connectivity index (χ2v) is 17.3. The Hall–Kier alpha value is -3.92. The summed E-state index contributed by atoms with van der Waals surface area (Å²) in [6.45, 7) is 4.65. The van der Waals surface area contributed by atoms with Gasteiger partial charge in [-0.3, -0.25) is 0 Å². The van der Waals surface area contributed by atoms with Crippen LogP contribution in [-0.2, 0) is 10.8 Å². The molecule has 3 atom stereocenters. The number of hydrogen-bond acceptors (Lipinski definition) is 4. The molecule has 6 saturated carbocycles. The quantitative estimate of drug-likeness (QED) is 0.155. The highest BCUT2D eigenvalue weighted by atomic mass is 15.1. The van der Waals surface area contributed by atoms with Gasteiger partial charge < -0.3 is 10.6 Å². The zero-order chi connectivity index (χ0) is 33.3. The van der Waals surface area contributed by atoms with Crippen LogP contribution in [0.1, 0.15) is 101 Å². The lowest BCUT2D eigenvalue weighted by Crippen LogP contribution is -2.48. The van der Waals surface area contributed by atoms with Crippen LogP contribution in [0.4, 0.5) is 28.4 Å². The number of rotatable bonds is 7. The monoisotopic (exact) mass is 648 g/mol. The third-order valence-electron chi connectivity index (χ3n) is 13.8. The van der Waals surface area contributed by atoms with E-state index in [1.807, 2.05) is 18.2 Å². The number of nitrogens with one attached hydrogen (secondary N) is 1. The molecule has 49 heavy (non-hydrogen) atoms. The van der Waals surface area contributed by atoms with Gasteiger partial charge in [-0.1, -0.05) is 62.2 Å². The van der Waals surface area contributed by atoms with Gasteiger partial charge in [0.1, 0.15) is 5.69 Å². The van der Waals surface area contributed by atoms with Crippen molar-refractivity contribution in [1.29, 1.82) is 5.53 Å². The van der Waals surface area contributed by atoms with Crippen molar-refractivity contribution in [3.8, 4) is 11.1 Å². The van der Waals surface area contributed by atoms with Crippen LogP contribution in [-0.4, -0.2) is 0 Å². The van der Waals surface area contributed by atoms with E-state index < -0.39 is 0 Å². The molecule has 4 nitrogen and oxygen atoms in total. The first kappa shape index (κ1) is 31.1. The van der Waals surface area contributed by atoms with E-state index in [0.29, 0.717) is 22.2 Å². The Morgan fingerprint density at radius 1 is 0.694 bits per heavy atom. The number of aryl methyl sites for hydroxylation is 1. The highest BCUT2D eigenvalue weighted by Gasteiger charge is 2.51. The Morgan fingerprint density at radius 2 is 1.31 bits per heavy atom. The number of benzene rings is 4. The van der Waals surface area contributed by atoms with Gasteiger partial charge in [0, 0.05) is 22.6 Å². The van der Waals surface area contributed by atoms with Crippen molar-refractivity contribution in [3.05, 3.63) is 102 Å². The summed E-state index contributed by atoms with van der Waals surface area (Å²) < 4.78 is 0. The molecular weight excluding hydrogens is 597 g/mol. The maximum Gasteiger partial charge on any atom is 0.108 e. The number of nitrogens with two attached hydrogens (primary N) is 1. The van der Waals surface area contributed by atoms with Gasteiger partial charge in [0.15, 0.2) is 0 Å². The van der Waals surface area contributed by atoms with Gasteiger partial charge in [0.2, 0.25) is 0 Å². The molecule has 1 unspecified atom stereocenters. The third kappa shape index (κ3) is 5.41. The fourth-order valence-corrected chi connectivity index (χ4v) is 12.4. The third-order valence-corrected chi connectivity index (χ3v) is 13.8. The summed E-state index contributed by atoms with van der Waals surface area (Å²) in [5, 5.41) is 3.69. The standard InChI is InChI=1S/C45H52N4/c1-29-18-35(41-6-3-7-42(48-47)43(41)46)23-40(19-29)49(38-12-8-36(9-13-38)44-16-4-5-31(25-44)17-30(2)24-44)39-14-10-37(11-15-39)45-26-32-20-33(27-45)22-34(21-32)28-45/h3,6-15,18-19,23,30-34,47H,4-5,16-17,20-22,24-28,46H2,1-2H3/t30-,31+,32?,33?,34?,44?,45?/m1/s1. The highest BCUT2D eigenvalue weighted by Crippen LogP contribution is 2.61. The van der Waals surface area contributed by atoms with E-state index in [2.05, 4.69) is 90.6 Å². The van der Waals surface area contributed by atoms with E-state index in [-0.39, 0.29) is 0 Å². The van der Waals surface area contributed by atoms with E-state index in [9.17, 15) is 0 Å². The summed E-state index contributed by atoms with van der Waals surface area (Å²) in [5.74, 6) is 4.51. The molecule has 6 aliphatic carbocycles. The molecule has 6 bridgehead atoms. The van der Waals surface area contributed by atoms with Gasteiger partial charge in [-0.25, -0.2) is 5.53 Å². The first-order valence-corrected chi connectivity index (χ1v) is 19.2. The van der Waals surface area contributed by atoms with Crippen molar-refractivity contribution in [1.82, 2.24) is 0 Å².